The molecule has 0 radical (unpaired) electrons. The monoisotopic (exact) mass is 353 g/mol. The first-order valence-corrected chi connectivity index (χ1v) is 9.44. The van der Waals surface area contributed by atoms with E-state index in [1.54, 1.807) is 7.11 Å². The molecule has 0 bridgehead atoms. The maximum atomic E-state index is 11.2. The van der Waals surface area contributed by atoms with E-state index in [-0.39, 0.29) is 6.10 Å². The molecule has 4 nitrogen and oxygen atoms in total. The minimum absolute atomic E-state index is 0.283. The van der Waals surface area contributed by atoms with Crippen molar-refractivity contribution < 1.29 is 14.6 Å². The van der Waals surface area contributed by atoms with Crippen LogP contribution in [0, 0.1) is 0 Å². The molecular weight excluding hydrogens is 326 g/mol. The Kier molecular flexibility index (Phi) is 4.63. The van der Waals surface area contributed by atoms with Gasteiger partial charge in [-0.2, -0.15) is 0 Å². The molecule has 2 aliphatic rings. The molecule has 0 aliphatic carbocycles. The molecule has 4 rings (SSSR count). The number of para-hydroxylation sites is 1. The van der Waals surface area contributed by atoms with Gasteiger partial charge in [-0.1, -0.05) is 30.3 Å². The van der Waals surface area contributed by atoms with Gasteiger partial charge >= 0.3 is 0 Å². The van der Waals surface area contributed by atoms with E-state index in [0.717, 1.165) is 56.0 Å². The van der Waals surface area contributed by atoms with Crippen molar-refractivity contribution in [1.29, 1.82) is 0 Å². The molecule has 26 heavy (non-hydrogen) atoms. The Morgan fingerprint density at radius 3 is 2.73 bits per heavy atom. The molecule has 138 valence electrons. The van der Waals surface area contributed by atoms with Gasteiger partial charge in [0.1, 0.15) is 17.6 Å². The summed E-state index contributed by atoms with van der Waals surface area (Å²) in [4.78, 5) is 2.42. The molecule has 2 aliphatic heterocycles. The number of nitrogens with zero attached hydrogens (tertiary/aromatic N) is 1. The quantitative estimate of drug-likeness (QED) is 0.913. The van der Waals surface area contributed by atoms with Crippen LogP contribution in [-0.4, -0.2) is 36.3 Å². The highest BCUT2D eigenvalue weighted by molar-refractivity contribution is 5.41. The van der Waals surface area contributed by atoms with E-state index in [4.69, 9.17) is 9.47 Å². The van der Waals surface area contributed by atoms with Gasteiger partial charge < -0.3 is 14.6 Å². The van der Waals surface area contributed by atoms with Crippen LogP contribution in [0.4, 0.5) is 0 Å². The highest BCUT2D eigenvalue weighted by Crippen LogP contribution is 2.38. The molecule has 1 N–H and O–H groups in total. The molecule has 2 aromatic carbocycles. The fourth-order valence-electron chi connectivity index (χ4n) is 4.21. The third-order valence-electron chi connectivity index (χ3n) is 5.66. The lowest BCUT2D eigenvalue weighted by Crippen LogP contribution is -2.42. The maximum Gasteiger partial charge on any atom is 0.124 e. The zero-order valence-corrected chi connectivity index (χ0v) is 15.6. The molecule has 2 heterocycles. The minimum atomic E-state index is -0.801. The number of hydrogen-bond acceptors (Lipinski definition) is 4. The van der Waals surface area contributed by atoms with Crippen LogP contribution in [-0.2, 0) is 18.6 Å². The summed E-state index contributed by atoms with van der Waals surface area (Å²) in [6.45, 7) is 4.78. The lowest BCUT2D eigenvalue weighted by molar-refractivity contribution is -0.0292. The Hall–Kier alpha value is -2.04. The van der Waals surface area contributed by atoms with Gasteiger partial charge in [-0.15, -0.1) is 0 Å². The fourth-order valence-corrected chi connectivity index (χ4v) is 4.21. The molecule has 0 aromatic heterocycles. The van der Waals surface area contributed by atoms with Crippen molar-refractivity contribution in [3.63, 3.8) is 0 Å². The van der Waals surface area contributed by atoms with E-state index in [1.165, 1.54) is 11.1 Å². The van der Waals surface area contributed by atoms with Crippen LogP contribution in [0.3, 0.4) is 0 Å². The Bertz CT molecular complexity index is 781. The van der Waals surface area contributed by atoms with Crippen LogP contribution in [0.1, 0.15) is 36.5 Å². The number of methoxy groups -OCH3 is 1. The normalized spacial score (nSPS) is 21.9. The van der Waals surface area contributed by atoms with Gasteiger partial charge in [0.2, 0.25) is 0 Å². The van der Waals surface area contributed by atoms with Crippen LogP contribution in [0.2, 0.25) is 0 Å². The van der Waals surface area contributed by atoms with E-state index in [1.807, 2.05) is 24.3 Å². The van der Waals surface area contributed by atoms with Gasteiger partial charge in [0.25, 0.3) is 0 Å². The number of ether oxygens (including phenoxy) is 2. The van der Waals surface area contributed by atoms with E-state index in [9.17, 15) is 5.11 Å². The molecule has 0 spiro atoms. The number of likely N-dealkylation sites (tertiary alicyclic amines) is 1. The van der Waals surface area contributed by atoms with Crippen molar-refractivity contribution in [2.24, 2.45) is 0 Å². The first-order chi connectivity index (χ1) is 12.6. The summed E-state index contributed by atoms with van der Waals surface area (Å²) in [6, 6.07) is 14.4. The van der Waals surface area contributed by atoms with Crippen LogP contribution in [0.15, 0.2) is 42.5 Å². The summed E-state index contributed by atoms with van der Waals surface area (Å²) in [5.41, 5.74) is 2.75. The zero-order valence-electron chi connectivity index (χ0n) is 15.6. The predicted molar refractivity (Wildman–Crippen MR) is 102 cm³/mol. The molecular formula is C22H27NO3. The van der Waals surface area contributed by atoms with Crippen molar-refractivity contribution in [2.45, 2.75) is 44.4 Å². The van der Waals surface area contributed by atoms with Crippen molar-refractivity contribution in [2.75, 3.05) is 20.2 Å². The van der Waals surface area contributed by atoms with Gasteiger partial charge in [0, 0.05) is 31.6 Å². The number of benzene rings is 2. The third kappa shape index (κ3) is 3.31. The Morgan fingerprint density at radius 2 is 1.96 bits per heavy atom. The lowest BCUT2D eigenvalue weighted by atomic mass is 9.83. The number of rotatable bonds is 4. The van der Waals surface area contributed by atoms with Crippen molar-refractivity contribution in [3.8, 4) is 11.5 Å². The molecule has 1 fully saturated rings. The molecule has 0 saturated carbocycles. The van der Waals surface area contributed by atoms with Crippen LogP contribution in [0.5, 0.6) is 11.5 Å². The summed E-state index contributed by atoms with van der Waals surface area (Å²) >= 11 is 0. The highest BCUT2D eigenvalue weighted by atomic mass is 16.5. The number of fused-ring (bicyclic) bond motifs is 1. The second kappa shape index (κ2) is 6.93. The number of piperidine rings is 1. The van der Waals surface area contributed by atoms with E-state index >= 15 is 0 Å². The van der Waals surface area contributed by atoms with Gasteiger partial charge in [-0.05, 0) is 43.0 Å². The van der Waals surface area contributed by atoms with E-state index in [2.05, 4.69) is 30.0 Å². The predicted octanol–water partition coefficient (Wildman–Crippen LogP) is 3.50. The zero-order chi connectivity index (χ0) is 18.1. The first-order valence-electron chi connectivity index (χ1n) is 9.44. The second-order valence-electron chi connectivity index (χ2n) is 7.58. The van der Waals surface area contributed by atoms with E-state index in [0.29, 0.717) is 0 Å². The van der Waals surface area contributed by atoms with Gasteiger partial charge in [0.15, 0.2) is 0 Å². The van der Waals surface area contributed by atoms with Crippen molar-refractivity contribution >= 4 is 0 Å². The first kappa shape index (κ1) is 17.4. The fraction of sp³-hybridized carbons (Fsp3) is 0.455. The molecule has 0 amide bonds. The second-order valence-corrected chi connectivity index (χ2v) is 7.58. The standard InChI is InChI=1S/C22H27NO3/c1-16-13-18-14-17(7-8-20(18)26-16)15-23-11-9-22(24,10-12-23)19-5-3-4-6-21(19)25-2/h3-8,14,16,24H,9-13,15H2,1-2H3. The summed E-state index contributed by atoms with van der Waals surface area (Å²) in [7, 11) is 1.66. The molecule has 1 atom stereocenters. The van der Waals surface area contributed by atoms with Crippen LogP contribution in [0.25, 0.3) is 0 Å². The summed E-state index contributed by atoms with van der Waals surface area (Å²) < 4.78 is 11.2. The molecule has 1 unspecified atom stereocenters. The Labute approximate surface area is 155 Å². The molecule has 1 saturated heterocycles. The van der Waals surface area contributed by atoms with Gasteiger partial charge in [-0.25, -0.2) is 0 Å². The summed E-state index contributed by atoms with van der Waals surface area (Å²) in [5.74, 6) is 1.81. The van der Waals surface area contributed by atoms with Gasteiger partial charge in [0.05, 0.1) is 12.7 Å². The van der Waals surface area contributed by atoms with Crippen LogP contribution >= 0.6 is 0 Å². The topological polar surface area (TPSA) is 41.9 Å². The Morgan fingerprint density at radius 1 is 1.19 bits per heavy atom. The Balaban J connectivity index is 1.42. The largest absolute Gasteiger partial charge is 0.496 e. The summed E-state index contributed by atoms with van der Waals surface area (Å²) in [5, 5.41) is 11.2. The van der Waals surface area contributed by atoms with Crippen molar-refractivity contribution in [1.82, 2.24) is 4.90 Å². The van der Waals surface area contributed by atoms with Crippen molar-refractivity contribution in [3.05, 3.63) is 59.2 Å². The number of aliphatic hydroxyl groups is 1. The highest BCUT2D eigenvalue weighted by Gasteiger charge is 2.36. The summed E-state index contributed by atoms with van der Waals surface area (Å²) in [6.07, 6.45) is 2.72. The van der Waals surface area contributed by atoms with Gasteiger partial charge in [-0.3, -0.25) is 4.90 Å². The third-order valence-corrected chi connectivity index (χ3v) is 5.66. The minimum Gasteiger partial charge on any atom is -0.496 e. The SMILES string of the molecule is COc1ccccc1C1(O)CCN(Cc2ccc3c(c2)CC(C)O3)CC1. The van der Waals surface area contributed by atoms with Crippen LogP contribution < -0.4 is 9.47 Å². The molecule has 2 aromatic rings. The average molecular weight is 353 g/mol. The smallest absolute Gasteiger partial charge is 0.124 e. The average Bonchev–Trinajstić information content (AvgIpc) is 3.03. The lowest BCUT2D eigenvalue weighted by Gasteiger charge is -2.39. The number of hydrogen-bond donors (Lipinski definition) is 1. The maximum absolute atomic E-state index is 11.2. The van der Waals surface area contributed by atoms with E-state index < -0.39 is 5.60 Å². The molecule has 4 heteroatoms.